The second-order valence-electron chi connectivity index (χ2n) is 9.89. The van der Waals surface area contributed by atoms with E-state index < -0.39 is 24.1 Å². The molecule has 1 spiro atoms. The minimum atomic E-state index is -1.47. The molecule has 2 aromatic carbocycles. The van der Waals surface area contributed by atoms with Gasteiger partial charge in [0.05, 0.1) is 0 Å². The molecule has 2 N–H and O–H groups in total. The van der Waals surface area contributed by atoms with Crippen LogP contribution in [0.1, 0.15) is 42.9 Å². The summed E-state index contributed by atoms with van der Waals surface area (Å²) in [7, 11) is 1.51. The fourth-order valence-electron chi connectivity index (χ4n) is 5.23. The van der Waals surface area contributed by atoms with Crippen molar-refractivity contribution in [2.24, 2.45) is 5.92 Å². The molecule has 0 radical (unpaired) electrons. The Labute approximate surface area is 213 Å². The van der Waals surface area contributed by atoms with Crippen LogP contribution >= 0.6 is 0 Å². The third-order valence-corrected chi connectivity index (χ3v) is 7.52. The maximum atomic E-state index is 13.6. The number of carbonyl (C=O) groups is 4. The van der Waals surface area contributed by atoms with E-state index in [2.05, 4.69) is 10.6 Å². The Kier molecular flexibility index (Phi) is 6.35. The number of rotatable bonds is 7. The van der Waals surface area contributed by atoms with E-state index in [4.69, 9.17) is 4.74 Å². The predicted molar refractivity (Wildman–Crippen MR) is 132 cm³/mol. The van der Waals surface area contributed by atoms with Gasteiger partial charge in [-0.05, 0) is 67.5 Å². The van der Waals surface area contributed by atoms with Crippen molar-refractivity contribution in [1.82, 2.24) is 15.1 Å². The van der Waals surface area contributed by atoms with Gasteiger partial charge in [0.2, 0.25) is 11.5 Å². The zero-order valence-electron chi connectivity index (χ0n) is 20.8. The van der Waals surface area contributed by atoms with Gasteiger partial charge in [0, 0.05) is 37.3 Å². The normalized spacial score (nSPS) is 21.0. The summed E-state index contributed by atoms with van der Waals surface area (Å²) in [5.41, 5.74) is 1.22. The molecule has 194 valence electrons. The number of aryl methyl sites for hydroxylation is 1. The minimum Gasteiger partial charge on any atom is -0.427 e. The first kappa shape index (κ1) is 24.7. The van der Waals surface area contributed by atoms with Crippen LogP contribution in [0.15, 0.2) is 42.5 Å². The number of hydrogen-bond donors (Lipinski definition) is 2. The molecule has 0 bridgehead atoms. The molecular formula is C27H29FN4O5. The molecule has 10 heteroatoms. The van der Waals surface area contributed by atoms with Crippen LogP contribution in [0.2, 0.25) is 0 Å². The molecule has 0 aromatic heterocycles. The molecule has 1 saturated heterocycles. The summed E-state index contributed by atoms with van der Waals surface area (Å²) in [5.74, 6) is -0.927. The monoisotopic (exact) mass is 508 g/mol. The highest BCUT2D eigenvalue weighted by atomic mass is 19.1. The number of nitrogens with one attached hydrogen (secondary N) is 2. The van der Waals surface area contributed by atoms with Gasteiger partial charge in [0.25, 0.3) is 5.91 Å². The molecule has 1 saturated carbocycles. The van der Waals surface area contributed by atoms with E-state index in [-0.39, 0.29) is 36.8 Å². The Morgan fingerprint density at radius 1 is 1.19 bits per heavy atom. The highest BCUT2D eigenvalue weighted by Crippen LogP contribution is 2.46. The predicted octanol–water partition coefficient (Wildman–Crippen LogP) is 3.52. The van der Waals surface area contributed by atoms with Gasteiger partial charge in [0.15, 0.2) is 0 Å². The van der Waals surface area contributed by atoms with Crippen LogP contribution in [0.5, 0.6) is 0 Å². The third kappa shape index (κ3) is 4.63. The Morgan fingerprint density at radius 2 is 1.92 bits per heavy atom. The molecule has 2 atom stereocenters. The molecule has 1 heterocycles. The van der Waals surface area contributed by atoms with E-state index in [1.165, 1.54) is 19.2 Å². The molecular weight excluding hydrogens is 479 g/mol. The lowest BCUT2D eigenvalue weighted by atomic mass is 9.94. The first-order valence-electron chi connectivity index (χ1n) is 12.4. The van der Waals surface area contributed by atoms with Crippen molar-refractivity contribution in [3.8, 4) is 0 Å². The van der Waals surface area contributed by atoms with Crippen LogP contribution in [0.25, 0.3) is 0 Å². The van der Waals surface area contributed by atoms with Crippen molar-refractivity contribution in [3.05, 3.63) is 65.0 Å². The first-order chi connectivity index (χ1) is 17.7. The number of urea groups is 1. The molecule has 3 aliphatic rings. The van der Waals surface area contributed by atoms with Gasteiger partial charge in [0.1, 0.15) is 12.4 Å². The molecule has 2 aliphatic carbocycles. The number of carbonyl (C=O) groups excluding carboxylic acids is 4. The smallest absolute Gasteiger partial charge is 0.418 e. The summed E-state index contributed by atoms with van der Waals surface area (Å²) in [4.78, 5) is 54.1. The Morgan fingerprint density at radius 3 is 2.59 bits per heavy atom. The molecule has 5 rings (SSSR count). The van der Waals surface area contributed by atoms with Gasteiger partial charge < -0.3 is 20.3 Å². The number of nitrogens with zero attached hydrogens (tertiary/aromatic N) is 2. The van der Waals surface area contributed by atoms with Gasteiger partial charge in [-0.15, -0.1) is 0 Å². The van der Waals surface area contributed by atoms with Crippen LogP contribution in [-0.2, 0) is 32.9 Å². The number of anilines is 1. The number of amides is 5. The number of benzene rings is 2. The second kappa shape index (κ2) is 9.49. The van der Waals surface area contributed by atoms with Crippen LogP contribution < -0.4 is 10.6 Å². The van der Waals surface area contributed by atoms with Crippen molar-refractivity contribution in [1.29, 1.82) is 0 Å². The Bertz CT molecular complexity index is 1260. The fraction of sp³-hybridized carbons (Fsp3) is 0.407. The summed E-state index contributed by atoms with van der Waals surface area (Å²) < 4.78 is 19.0. The third-order valence-electron chi connectivity index (χ3n) is 7.52. The van der Waals surface area contributed by atoms with Crippen LogP contribution in [-0.4, -0.2) is 53.4 Å². The molecule has 37 heavy (non-hydrogen) atoms. The van der Waals surface area contributed by atoms with E-state index in [9.17, 15) is 23.6 Å². The van der Waals surface area contributed by atoms with E-state index >= 15 is 0 Å². The van der Waals surface area contributed by atoms with E-state index in [1.807, 2.05) is 6.92 Å². The summed E-state index contributed by atoms with van der Waals surface area (Å²) in [5, 5.41) is 5.17. The van der Waals surface area contributed by atoms with Crippen molar-refractivity contribution in [2.75, 3.05) is 18.9 Å². The molecule has 5 amide bonds. The Hall–Kier alpha value is -3.95. The highest BCUT2D eigenvalue weighted by Gasteiger charge is 2.58. The van der Waals surface area contributed by atoms with Crippen molar-refractivity contribution >= 4 is 29.6 Å². The van der Waals surface area contributed by atoms with Crippen LogP contribution in [0.3, 0.4) is 0 Å². The number of halogens is 1. The molecule has 2 aromatic rings. The Balaban J connectivity index is 1.34. The summed E-state index contributed by atoms with van der Waals surface area (Å²) in [6.45, 7) is 1.79. The first-order valence-corrected chi connectivity index (χ1v) is 12.4. The lowest BCUT2D eigenvalue weighted by molar-refractivity contribution is -0.143. The average Bonchev–Trinajstić information content (AvgIpc) is 3.64. The molecule has 2 fully saturated rings. The second-order valence-corrected chi connectivity index (χ2v) is 9.89. The quantitative estimate of drug-likeness (QED) is 0.595. The fourth-order valence-corrected chi connectivity index (χ4v) is 5.23. The SMILES string of the molecule is CNC(=O)Nc1ccc2c(c1)CC[C@@]21OC(=O)N(CC(=O)N(Cc2ccc(F)cc2)[C@H](C)C2CC2)C1=O. The van der Waals surface area contributed by atoms with Gasteiger partial charge in [-0.25, -0.2) is 18.9 Å². The standard InChI is InChI=1S/C27H29FN4O5/c1-16(18-5-6-18)31(14-17-3-7-20(28)8-4-17)23(33)15-32-24(34)27(37-26(32)36)12-11-19-13-21(9-10-22(19)27)30-25(35)29-2/h3-4,7-10,13,16,18H,5-6,11-12,14-15H2,1-2H3,(H2,29,30,35)/t16-,27-/m1/s1. The lowest BCUT2D eigenvalue weighted by Gasteiger charge is -2.30. The van der Waals surface area contributed by atoms with Crippen LogP contribution in [0, 0.1) is 11.7 Å². The van der Waals surface area contributed by atoms with Gasteiger partial charge >= 0.3 is 12.1 Å². The molecule has 0 unspecified atom stereocenters. The average molecular weight is 509 g/mol. The van der Waals surface area contributed by atoms with Gasteiger partial charge in [-0.2, -0.15) is 0 Å². The van der Waals surface area contributed by atoms with Crippen molar-refractivity contribution < 1.29 is 28.3 Å². The maximum absolute atomic E-state index is 13.6. The molecule has 1 aliphatic heterocycles. The number of ether oxygens (including phenoxy) is 1. The summed E-state index contributed by atoms with van der Waals surface area (Å²) >= 11 is 0. The largest absolute Gasteiger partial charge is 0.427 e. The van der Waals surface area contributed by atoms with E-state index in [1.54, 1.807) is 35.2 Å². The maximum Gasteiger partial charge on any atom is 0.418 e. The zero-order chi connectivity index (χ0) is 26.3. The van der Waals surface area contributed by atoms with Gasteiger partial charge in [-0.1, -0.05) is 18.2 Å². The summed E-state index contributed by atoms with van der Waals surface area (Å²) in [6.07, 6.45) is 1.92. The topological polar surface area (TPSA) is 108 Å². The van der Waals surface area contributed by atoms with Crippen molar-refractivity contribution in [3.63, 3.8) is 0 Å². The number of imide groups is 1. The number of hydrogen-bond acceptors (Lipinski definition) is 5. The van der Waals surface area contributed by atoms with Crippen LogP contribution in [0.4, 0.5) is 19.7 Å². The summed E-state index contributed by atoms with van der Waals surface area (Å²) in [6, 6.07) is 10.6. The minimum absolute atomic E-state index is 0.0845. The lowest BCUT2D eigenvalue weighted by Crippen LogP contribution is -2.47. The highest BCUT2D eigenvalue weighted by molar-refractivity contribution is 6.06. The van der Waals surface area contributed by atoms with Gasteiger partial charge in [-0.3, -0.25) is 9.59 Å². The van der Waals surface area contributed by atoms with E-state index in [0.717, 1.165) is 28.9 Å². The van der Waals surface area contributed by atoms with Crippen molar-refractivity contribution in [2.45, 2.75) is 50.8 Å². The zero-order valence-corrected chi connectivity index (χ0v) is 20.8. The number of fused-ring (bicyclic) bond motifs is 2. The van der Waals surface area contributed by atoms with E-state index in [0.29, 0.717) is 23.6 Å². The molecule has 9 nitrogen and oxygen atoms in total.